The second-order valence-electron chi connectivity index (χ2n) is 2.87. The molecule has 0 unspecified atom stereocenters. The molecule has 0 spiro atoms. The van der Waals surface area contributed by atoms with Crippen molar-refractivity contribution in [2.45, 2.75) is 12.6 Å². The molecule has 0 aromatic carbocycles. The van der Waals surface area contributed by atoms with Crippen LogP contribution in [0.4, 0.5) is 13.2 Å². The molecule has 0 aliphatic carbocycles. The van der Waals surface area contributed by atoms with Crippen molar-refractivity contribution in [3.8, 4) is 0 Å². The third-order valence-electron chi connectivity index (χ3n) is 1.47. The predicted octanol–water partition coefficient (Wildman–Crippen LogP) is 0.291. The Morgan fingerprint density at radius 3 is 2.60 bits per heavy atom. The summed E-state index contributed by atoms with van der Waals surface area (Å²) in [5.41, 5.74) is 0. The van der Waals surface area contributed by atoms with E-state index >= 15 is 0 Å². The van der Waals surface area contributed by atoms with E-state index in [9.17, 15) is 18.0 Å². The van der Waals surface area contributed by atoms with E-state index in [0.29, 0.717) is 13.0 Å². The highest BCUT2D eigenvalue weighted by Crippen LogP contribution is 2.14. The number of ether oxygens (including phenoxy) is 1. The molecule has 0 aromatic rings. The monoisotopic (exact) mass is 228 g/mol. The second-order valence-corrected chi connectivity index (χ2v) is 2.87. The minimum Gasteiger partial charge on any atom is -0.372 e. The average Bonchev–Trinajstić information content (AvgIpc) is 2.14. The molecule has 0 aliphatic heterocycles. The normalized spacial score (nSPS) is 11.5. The summed E-state index contributed by atoms with van der Waals surface area (Å²) in [6.45, 7) is -0.580. The van der Waals surface area contributed by atoms with E-state index in [-0.39, 0.29) is 19.1 Å². The zero-order valence-electron chi connectivity index (χ0n) is 8.49. The van der Waals surface area contributed by atoms with Crippen LogP contribution in [-0.2, 0) is 9.53 Å². The molecule has 0 aromatic heterocycles. The van der Waals surface area contributed by atoms with Gasteiger partial charge in [0.1, 0.15) is 6.61 Å². The van der Waals surface area contributed by atoms with Gasteiger partial charge in [0.25, 0.3) is 0 Å². The summed E-state index contributed by atoms with van der Waals surface area (Å²) in [4.78, 5) is 10.7. The largest absolute Gasteiger partial charge is 0.411 e. The Morgan fingerprint density at radius 1 is 1.40 bits per heavy atom. The summed E-state index contributed by atoms with van der Waals surface area (Å²) in [6, 6.07) is 0. The van der Waals surface area contributed by atoms with Crippen molar-refractivity contribution in [3.63, 3.8) is 0 Å². The average molecular weight is 228 g/mol. The summed E-state index contributed by atoms with van der Waals surface area (Å²) >= 11 is 0. The van der Waals surface area contributed by atoms with E-state index in [1.54, 1.807) is 0 Å². The fourth-order valence-corrected chi connectivity index (χ4v) is 0.777. The lowest BCUT2D eigenvalue weighted by Crippen LogP contribution is -2.32. The van der Waals surface area contributed by atoms with Crippen LogP contribution in [0.3, 0.4) is 0 Å². The first-order valence-electron chi connectivity index (χ1n) is 4.51. The third-order valence-corrected chi connectivity index (χ3v) is 1.47. The number of rotatable bonds is 7. The van der Waals surface area contributed by atoms with Gasteiger partial charge >= 0.3 is 6.18 Å². The number of likely N-dealkylation sites (N-methyl/N-ethyl adjacent to an activating group) is 1. The van der Waals surface area contributed by atoms with Crippen LogP contribution in [0.5, 0.6) is 0 Å². The first-order valence-corrected chi connectivity index (χ1v) is 4.51. The Labute approximate surface area is 86.2 Å². The number of carbonyl (C=O) groups excluding carboxylic acids is 1. The Hall–Kier alpha value is -0.820. The van der Waals surface area contributed by atoms with Gasteiger partial charge in [-0.3, -0.25) is 4.79 Å². The molecular formula is C8H15F3N2O2. The summed E-state index contributed by atoms with van der Waals surface area (Å²) < 4.78 is 39.1. The van der Waals surface area contributed by atoms with Crippen LogP contribution >= 0.6 is 0 Å². The van der Waals surface area contributed by atoms with Gasteiger partial charge in [0.15, 0.2) is 0 Å². The van der Waals surface area contributed by atoms with Crippen LogP contribution in [0, 0.1) is 0 Å². The van der Waals surface area contributed by atoms with Crippen LogP contribution in [0.1, 0.15) is 6.42 Å². The molecule has 0 fully saturated rings. The Bertz CT molecular complexity index is 185. The maximum absolute atomic E-state index is 11.6. The molecular weight excluding hydrogens is 213 g/mol. The minimum atomic E-state index is -4.27. The number of hydrogen-bond acceptors (Lipinski definition) is 3. The van der Waals surface area contributed by atoms with Crippen LogP contribution in [-0.4, -0.2) is 45.4 Å². The summed E-state index contributed by atoms with van der Waals surface area (Å²) in [5.74, 6) is -0.161. The quantitative estimate of drug-likeness (QED) is 0.616. The highest BCUT2D eigenvalue weighted by Gasteiger charge is 2.27. The van der Waals surface area contributed by atoms with Crippen LogP contribution in [0.2, 0.25) is 0 Å². The van der Waals surface area contributed by atoms with Gasteiger partial charge in [-0.25, -0.2) is 0 Å². The number of nitrogens with one attached hydrogen (secondary N) is 2. The van der Waals surface area contributed by atoms with E-state index in [1.807, 2.05) is 0 Å². The van der Waals surface area contributed by atoms with E-state index in [1.165, 1.54) is 7.05 Å². The van der Waals surface area contributed by atoms with Crippen molar-refractivity contribution in [3.05, 3.63) is 0 Å². The molecule has 0 rings (SSSR count). The first-order chi connectivity index (χ1) is 6.95. The van der Waals surface area contributed by atoms with E-state index in [0.717, 1.165) is 0 Å². The van der Waals surface area contributed by atoms with Gasteiger partial charge < -0.3 is 15.4 Å². The van der Waals surface area contributed by atoms with Crippen molar-refractivity contribution in [2.75, 3.05) is 33.4 Å². The lowest BCUT2D eigenvalue weighted by molar-refractivity contribution is -0.173. The molecule has 90 valence electrons. The topological polar surface area (TPSA) is 50.4 Å². The number of alkyl halides is 3. The lowest BCUT2D eigenvalue weighted by atomic mass is 10.4. The highest BCUT2D eigenvalue weighted by molar-refractivity contribution is 5.77. The van der Waals surface area contributed by atoms with E-state index < -0.39 is 12.8 Å². The van der Waals surface area contributed by atoms with Crippen LogP contribution < -0.4 is 10.6 Å². The Balaban J connectivity index is 3.16. The zero-order chi connectivity index (χ0) is 11.7. The van der Waals surface area contributed by atoms with Crippen molar-refractivity contribution >= 4 is 5.91 Å². The molecule has 4 nitrogen and oxygen atoms in total. The highest BCUT2D eigenvalue weighted by atomic mass is 19.4. The Kier molecular flexibility index (Phi) is 7.06. The van der Waals surface area contributed by atoms with Crippen LogP contribution in [0.25, 0.3) is 0 Å². The fourth-order valence-electron chi connectivity index (χ4n) is 0.777. The van der Waals surface area contributed by atoms with Crippen molar-refractivity contribution in [1.82, 2.24) is 10.6 Å². The molecule has 0 atom stereocenters. The van der Waals surface area contributed by atoms with Gasteiger partial charge in [-0.15, -0.1) is 0 Å². The molecule has 1 amide bonds. The van der Waals surface area contributed by atoms with Gasteiger partial charge in [0.05, 0.1) is 6.54 Å². The number of amides is 1. The Morgan fingerprint density at radius 2 is 2.07 bits per heavy atom. The van der Waals surface area contributed by atoms with Gasteiger partial charge in [-0.05, 0) is 13.0 Å². The molecule has 0 bridgehead atoms. The molecule has 0 heterocycles. The smallest absolute Gasteiger partial charge is 0.372 e. The number of halogens is 3. The molecule has 0 saturated carbocycles. The summed E-state index contributed by atoms with van der Waals surface area (Å²) in [7, 11) is 1.51. The first kappa shape index (κ1) is 14.2. The maximum atomic E-state index is 11.6. The van der Waals surface area contributed by atoms with Crippen molar-refractivity contribution in [2.24, 2.45) is 0 Å². The van der Waals surface area contributed by atoms with Crippen molar-refractivity contribution < 1.29 is 22.7 Å². The molecule has 2 N–H and O–H groups in total. The molecule has 0 radical (unpaired) electrons. The van der Waals surface area contributed by atoms with E-state index in [4.69, 9.17) is 0 Å². The van der Waals surface area contributed by atoms with Gasteiger partial charge in [-0.2, -0.15) is 13.2 Å². The number of carbonyl (C=O) groups is 1. The number of hydrogen-bond donors (Lipinski definition) is 2. The maximum Gasteiger partial charge on any atom is 0.411 e. The standard InChI is InChI=1S/C8H15F3N2O2/c1-12-7(14)5-13-3-2-4-15-6-8(9,10)11/h13H,2-6H2,1H3,(H,12,14). The molecule has 7 heteroatoms. The molecule has 15 heavy (non-hydrogen) atoms. The third kappa shape index (κ3) is 11.1. The fraction of sp³-hybridized carbons (Fsp3) is 0.875. The SMILES string of the molecule is CNC(=O)CNCCCOCC(F)(F)F. The lowest BCUT2D eigenvalue weighted by Gasteiger charge is -2.07. The zero-order valence-corrected chi connectivity index (χ0v) is 8.49. The molecule has 0 saturated heterocycles. The van der Waals surface area contributed by atoms with Crippen LogP contribution in [0.15, 0.2) is 0 Å². The minimum absolute atomic E-state index is 0.0280. The summed E-state index contributed by atoms with van der Waals surface area (Å²) in [5, 5.41) is 5.17. The summed E-state index contributed by atoms with van der Waals surface area (Å²) in [6.07, 6.45) is -3.83. The second kappa shape index (κ2) is 7.47. The van der Waals surface area contributed by atoms with Gasteiger partial charge in [0.2, 0.25) is 5.91 Å². The van der Waals surface area contributed by atoms with E-state index in [2.05, 4.69) is 15.4 Å². The molecule has 0 aliphatic rings. The van der Waals surface area contributed by atoms with Gasteiger partial charge in [-0.1, -0.05) is 0 Å². The van der Waals surface area contributed by atoms with Crippen molar-refractivity contribution in [1.29, 1.82) is 0 Å². The predicted molar refractivity (Wildman–Crippen MR) is 48.4 cm³/mol. The van der Waals surface area contributed by atoms with Gasteiger partial charge in [0, 0.05) is 13.7 Å².